The van der Waals surface area contributed by atoms with Crippen molar-refractivity contribution in [1.82, 2.24) is 0 Å². The van der Waals surface area contributed by atoms with E-state index in [2.05, 4.69) is 28.9 Å². The Morgan fingerprint density at radius 2 is 1.88 bits per heavy atom. The third kappa shape index (κ3) is 2.93. The molecule has 1 aromatic rings. The Morgan fingerprint density at radius 1 is 1.29 bits per heavy atom. The lowest BCUT2D eigenvalue weighted by Gasteiger charge is -2.19. The molecule has 1 aromatic carbocycles. The molecular formula is C13H20BrNO2. The molecule has 17 heavy (non-hydrogen) atoms. The molecule has 0 heterocycles. The summed E-state index contributed by atoms with van der Waals surface area (Å²) in [5, 5.41) is 0. The second-order valence-electron chi connectivity index (χ2n) is 4.14. The molecule has 0 aliphatic rings. The summed E-state index contributed by atoms with van der Waals surface area (Å²) in [6.45, 7) is 4.86. The van der Waals surface area contributed by atoms with Gasteiger partial charge in [0.15, 0.2) is 0 Å². The monoisotopic (exact) mass is 301 g/mol. The third-order valence-electron chi connectivity index (χ3n) is 2.93. The summed E-state index contributed by atoms with van der Waals surface area (Å²) in [5.74, 6) is 2.04. The Balaban J connectivity index is 3.31. The number of nitrogens with two attached hydrogens (primary N) is 1. The Kier molecular flexibility index (Phi) is 5.28. The lowest BCUT2D eigenvalue weighted by atomic mass is 9.95. The van der Waals surface area contributed by atoms with Crippen LogP contribution < -0.4 is 15.2 Å². The fraction of sp³-hybridized carbons (Fsp3) is 0.538. The summed E-state index contributed by atoms with van der Waals surface area (Å²) in [4.78, 5) is 0. The van der Waals surface area contributed by atoms with E-state index >= 15 is 0 Å². The number of halogens is 1. The molecular weight excluding hydrogens is 282 g/mol. The predicted molar refractivity (Wildman–Crippen MR) is 74.1 cm³/mol. The summed E-state index contributed by atoms with van der Waals surface area (Å²) >= 11 is 3.54. The van der Waals surface area contributed by atoms with Crippen LogP contribution in [0.15, 0.2) is 10.5 Å². The summed E-state index contributed by atoms with van der Waals surface area (Å²) in [7, 11) is 3.34. The number of hydrogen-bond donors (Lipinski definition) is 1. The summed E-state index contributed by atoms with van der Waals surface area (Å²) in [5.41, 5.74) is 7.88. The summed E-state index contributed by atoms with van der Waals surface area (Å²) in [6, 6.07) is 2.11. The zero-order chi connectivity index (χ0) is 13.0. The molecule has 0 amide bonds. The van der Waals surface area contributed by atoms with Gasteiger partial charge in [-0.3, -0.25) is 0 Å². The number of benzene rings is 1. The van der Waals surface area contributed by atoms with Gasteiger partial charge in [-0.05, 0) is 58.9 Å². The van der Waals surface area contributed by atoms with Crippen molar-refractivity contribution in [2.24, 2.45) is 5.73 Å². The van der Waals surface area contributed by atoms with Gasteiger partial charge < -0.3 is 15.2 Å². The van der Waals surface area contributed by atoms with Gasteiger partial charge in [0, 0.05) is 0 Å². The fourth-order valence-electron chi connectivity index (χ4n) is 2.00. The Hall–Kier alpha value is -0.740. The summed E-state index contributed by atoms with van der Waals surface area (Å²) < 4.78 is 11.7. The van der Waals surface area contributed by atoms with Crippen molar-refractivity contribution < 1.29 is 9.47 Å². The zero-order valence-corrected chi connectivity index (χ0v) is 12.4. The first-order chi connectivity index (χ1) is 8.06. The second-order valence-corrected chi connectivity index (χ2v) is 4.93. The van der Waals surface area contributed by atoms with Gasteiger partial charge in [-0.2, -0.15) is 0 Å². The molecule has 96 valence electrons. The van der Waals surface area contributed by atoms with Crippen LogP contribution in [0.2, 0.25) is 0 Å². The van der Waals surface area contributed by atoms with Crippen LogP contribution in [0, 0.1) is 6.92 Å². The average Bonchev–Trinajstić information content (AvgIpc) is 2.29. The Morgan fingerprint density at radius 3 is 2.35 bits per heavy atom. The standard InChI is InChI=1S/C13H20BrNO2/c1-8(5-6-15)10-7-9(2)12(16-3)11(14)13(10)17-4/h7-8H,5-6,15H2,1-4H3. The molecule has 1 rings (SSSR count). The van der Waals surface area contributed by atoms with E-state index in [-0.39, 0.29) is 0 Å². The van der Waals surface area contributed by atoms with Crippen molar-refractivity contribution in [3.8, 4) is 11.5 Å². The largest absolute Gasteiger partial charge is 0.495 e. The highest BCUT2D eigenvalue weighted by atomic mass is 79.9. The van der Waals surface area contributed by atoms with E-state index < -0.39 is 0 Å². The van der Waals surface area contributed by atoms with Crippen molar-refractivity contribution in [1.29, 1.82) is 0 Å². The first-order valence-electron chi connectivity index (χ1n) is 5.67. The van der Waals surface area contributed by atoms with E-state index in [9.17, 15) is 0 Å². The van der Waals surface area contributed by atoms with E-state index in [1.807, 2.05) is 6.92 Å². The maximum absolute atomic E-state index is 5.61. The van der Waals surface area contributed by atoms with Crippen LogP contribution in [0.25, 0.3) is 0 Å². The third-order valence-corrected chi connectivity index (χ3v) is 3.65. The maximum atomic E-state index is 5.61. The molecule has 0 aliphatic heterocycles. The number of rotatable bonds is 5. The van der Waals surface area contributed by atoms with E-state index in [4.69, 9.17) is 15.2 Å². The smallest absolute Gasteiger partial charge is 0.140 e. The molecule has 4 heteroatoms. The molecule has 3 nitrogen and oxygen atoms in total. The Labute approximate surface area is 111 Å². The topological polar surface area (TPSA) is 44.5 Å². The minimum Gasteiger partial charge on any atom is -0.495 e. The lowest BCUT2D eigenvalue weighted by molar-refractivity contribution is 0.381. The normalized spacial score (nSPS) is 12.4. The summed E-state index contributed by atoms with van der Waals surface area (Å²) in [6.07, 6.45) is 0.939. The van der Waals surface area contributed by atoms with E-state index in [0.29, 0.717) is 12.5 Å². The highest BCUT2D eigenvalue weighted by molar-refractivity contribution is 9.10. The van der Waals surface area contributed by atoms with E-state index in [0.717, 1.165) is 28.0 Å². The second kappa shape index (κ2) is 6.26. The number of hydrogen-bond acceptors (Lipinski definition) is 3. The SMILES string of the molecule is COc1c(C)cc(C(C)CCN)c(OC)c1Br. The highest BCUT2D eigenvalue weighted by Crippen LogP contribution is 2.43. The lowest BCUT2D eigenvalue weighted by Crippen LogP contribution is -2.07. The van der Waals surface area contributed by atoms with Gasteiger partial charge in [-0.1, -0.05) is 6.92 Å². The minimum atomic E-state index is 0.371. The molecule has 1 atom stereocenters. The van der Waals surface area contributed by atoms with Gasteiger partial charge >= 0.3 is 0 Å². The van der Waals surface area contributed by atoms with Gasteiger partial charge in [0.25, 0.3) is 0 Å². The number of methoxy groups -OCH3 is 2. The van der Waals surface area contributed by atoms with Crippen LogP contribution in [0.1, 0.15) is 30.4 Å². The molecule has 0 spiro atoms. The van der Waals surface area contributed by atoms with Gasteiger partial charge in [-0.15, -0.1) is 0 Å². The predicted octanol–water partition coefficient (Wildman–Crippen LogP) is 3.23. The molecule has 0 aromatic heterocycles. The van der Waals surface area contributed by atoms with Gasteiger partial charge in [0.05, 0.1) is 14.2 Å². The zero-order valence-electron chi connectivity index (χ0n) is 10.8. The van der Waals surface area contributed by atoms with Gasteiger partial charge in [0.1, 0.15) is 16.0 Å². The van der Waals surface area contributed by atoms with Crippen molar-refractivity contribution >= 4 is 15.9 Å². The van der Waals surface area contributed by atoms with Crippen molar-refractivity contribution in [3.63, 3.8) is 0 Å². The molecule has 0 aliphatic carbocycles. The number of ether oxygens (including phenoxy) is 2. The first-order valence-corrected chi connectivity index (χ1v) is 6.47. The molecule has 0 bridgehead atoms. The first kappa shape index (κ1) is 14.3. The van der Waals surface area contributed by atoms with Crippen LogP contribution in [-0.2, 0) is 0 Å². The van der Waals surface area contributed by atoms with Crippen LogP contribution in [0.3, 0.4) is 0 Å². The molecule has 0 radical (unpaired) electrons. The molecule has 0 saturated heterocycles. The van der Waals surface area contributed by atoms with E-state index in [1.54, 1.807) is 14.2 Å². The van der Waals surface area contributed by atoms with Crippen LogP contribution in [0.4, 0.5) is 0 Å². The van der Waals surface area contributed by atoms with Gasteiger partial charge in [0.2, 0.25) is 0 Å². The van der Waals surface area contributed by atoms with E-state index in [1.165, 1.54) is 5.56 Å². The van der Waals surface area contributed by atoms with Gasteiger partial charge in [-0.25, -0.2) is 0 Å². The molecule has 0 fully saturated rings. The highest BCUT2D eigenvalue weighted by Gasteiger charge is 2.19. The molecule has 2 N–H and O–H groups in total. The van der Waals surface area contributed by atoms with Crippen molar-refractivity contribution in [2.45, 2.75) is 26.2 Å². The van der Waals surface area contributed by atoms with Crippen LogP contribution in [0.5, 0.6) is 11.5 Å². The number of aryl methyl sites for hydroxylation is 1. The maximum Gasteiger partial charge on any atom is 0.140 e. The van der Waals surface area contributed by atoms with Crippen LogP contribution in [-0.4, -0.2) is 20.8 Å². The molecule has 0 saturated carbocycles. The fourth-order valence-corrected chi connectivity index (χ4v) is 2.86. The average molecular weight is 302 g/mol. The molecule has 1 unspecified atom stereocenters. The van der Waals surface area contributed by atoms with Crippen molar-refractivity contribution in [3.05, 3.63) is 21.7 Å². The minimum absolute atomic E-state index is 0.371. The van der Waals surface area contributed by atoms with Crippen molar-refractivity contribution in [2.75, 3.05) is 20.8 Å². The Bertz CT molecular complexity index is 393. The van der Waals surface area contributed by atoms with Crippen LogP contribution >= 0.6 is 15.9 Å². The quantitative estimate of drug-likeness (QED) is 0.908.